The van der Waals surface area contributed by atoms with Crippen molar-refractivity contribution in [3.8, 4) is 0 Å². The van der Waals surface area contributed by atoms with Crippen molar-refractivity contribution in [1.29, 1.82) is 0 Å². The largest absolute Gasteiger partial charge is 0.625 e. The molecule has 0 saturated heterocycles. The van der Waals surface area contributed by atoms with Crippen LogP contribution in [0.25, 0.3) is 0 Å². The van der Waals surface area contributed by atoms with E-state index in [0.29, 0.717) is 6.42 Å². The van der Waals surface area contributed by atoms with Crippen LogP contribution < -0.4 is 5.16 Å². The maximum absolute atomic E-state index is 11.0. The lowest BCUT2D eigenvalue weighted by molar-refractivity contribution is -0.376. The van der Waals surface area contributed by atoms with Crippen LogP contribution in [0, 0.1) is 5.21 Å². The van der Waals surface area contributed by atoms with E-state index in [0.717, 1.165) is 24.2 Å². The van der Waals surface area contributed by atoms with Crippen molar-refractivity contribution in [1.82, 2.24) is 4.98 Å². The summed E-state index contributed by atoms with van der Waals surface area (Å²) in [5.74, 6) is 0. The molecule has 0 spiro atoms. The van der Waals surface area contributed by atoms with E-state index in [4.69, 9.17) is 0 Å². The Morgan fingerprint density at radius 1 is 1.05 bits per heavy atom. The van der Waals surface area contributed by atoms with Gasteiger partial charge in [-0.2, -0.15) is 0 Å². The average Bonchev–Trinajstić information content (AvgIpc) is 2.49. The van der Waals surface area contributed by atoms with Gasteiger partial charge in [-0.05, 0) is 18.6 Å². The predicted molar refractivity (Wildman–Crippen MR) is 84.5 cm³/mol. The minimum Gasteiger partial charge on any atom is -0.625 e. The van der Waals surface area contributed by atoms with Crippen molar-refractivity contribution < 1.29 is 5.16 Å². The van der Waals surface area contributed by atoms with Crippen LogP contribution in [-0.4, -0.2) is 10.7 Å². The van der Waals surface area contributed by atoms with E-state index >= 15 is 0 Å². The lowest BCUT2D eigenvalue weighted by atomic mass is 10.0. The topological polar surface area (TPSA) is 49.9 Å². The zero-order valence-electron chi connectivity index (χ0n) is 12.7. The molecule has 1 N–H and O–H groups in total. The molecule has 3 nitrogen and oxygen atoms in total. The van der Waals surface area contributed by atoms with E-state index in [1.807, 2.05) is 18.2 Å². The zero-order chi connectivity index (χ0) is 14.5. The number of hydrogen-bond donors (Lipinski definition) is 1. The lowest BCUT2D eigenvalue weighted by Crippen LogP contribution is -2.66. The highest BCUT2D eigenvalue weighted by atomic mass is 16.4. The summed E-state index contributed by atoms with van der Waals surface area (Å²) in [4.78, 5) is 4.25. The molecule has 20 heavy (non-hydrogen) atoms. The maximum Gasteiger partial charge on any atom is 0.167 e. The van der Waals surface area contributed by atoms with Crippen LogP contribution in [0.15, 0.2) is 24.4 Å². The molecule has 1 heterocycles. The van der Waals surface area contributed by atoms with E-state index < -0.39 is 0 Å². The number of unbranched alkanes of at least 4 members (excludes halogenated alkanes) is 7. The third kappa shape index (κ3) is 7.93. The molecule has 0 aliphatic carbocycles. The highest BCUT2D eigenvalue weighted by Gasteiger charge is 2.06. The van der Waals surface area contributed by atoms with E-state index in [-0.39, 0.29) is 0 Å². The van der Waals surface area contributed by atoms with Crippen molar-refractivity contribution in [2.24, 2.45) is 0 Å². The first-order valence-corrected chi connectivity index (χ1v) is 7.99. The summed E-state index contributed by atoms with van der Waals surface area (Å²) in [6, 6.07) is 5.82. The van der Waals surface area contributed by atoms with Gasteiger partial charge >= 0.3 is 0 Å². The summed E-state index contributed by atoms with van der Waals surface area (Å²) in [5, 5.41) is 13.1. The van der Waals surface area contributed by atoms with Crippen molar-refractivity contribution in [2.45, 2.75) is 71.1 Å². The fourth-order valence-electron chi connectivity index (χ4n) is 2.37. The van der Waals surface area contributed by atoms with Gasteiger partial charge < -0.3 is 5.21 Å². The van der Waals surface area contributed by atoms with Crippen molar-refractivity contribution in [3.05, 3.63) is 35.3 Å². The standard InChI is InChI=1S/C17H28N2O/c1-2-3-4-5-6-7-8-9-13-17(19-20)15-16-12-10-11-14-18-16/h10-12,14,19H,2-9,13,15H2,1H3. The van der Waals surface area contributed by atoms with Gasteiger partial charge in [-0.15, -0.1) is 0 Å². The van der Waals surface area contributed by atoms with Crippen LogP contribution >= 0.6 is 0 Å². The molecule has 0 amide bonds. The quantitative estimate of drug-likeness (QED) is 0.292. The number of nitrogens with one attached hydrogen (secondary N) is 1. The molecule has 0 unspecified atom stereocenters. The Balaban J connectivity index is 2.07. The molecule has 0 bridgehead atoms. The van der Waals surface area contributed by atoms with Gasteiger partial charge in [-0.3, -0.25) is 4.98 Å². The second-order valence-corrected chi connectivity index (χ2v) is 5.43. The Morgan fingerprint density at radius 3 is 2.35 bits per heavy atom. The van der Waals surface area contributed by atoms with Crippen LogP contribution in [0.4, 0.5) is 0 Å². The Morgan fingerprint density at radius 2 is 1.75 bits per heavy atom. The molecule has 3 heteroatoms. The summed E-state index contributed by atoms with van der Waals surface area (Å²) >= 11 is 0. The second-order valence-electron chi connectivity index (χ2n) is 5.43. The number of rotatable bonds is 11. The highest BCUT2D eigenvalue weighted by molar-refractivity contribution is 5.80. The second kappa shape index (κ2) is 11.4. The van der Waals surface area contributed by atoms with Crippen LogP contribution in [0.2, 0.25) is 0 Å². The van der Waals surface area contributed by atoms with E-state index in [2.05, 4.69) is 17.1 Å². The van der Waals surface area contributed by atoms with Crippen molar-refractivity contribution in [2.75, 3.05) is 0 Å². The molecular weight excluding hydrogens is 248 g/mol. The van der Waals surface area contributed by atoms with E-state index in [1.54, 1.807) is 6.20 Å². The first-order chi connectivity index (χ1) is 9.86. The van der Waals surface area contributed by atoms with Crippen molar-refractivity contribution >= 4 is 5.71 Å². The summed E-state index contributed by atoms with van der Waals surface area (Å²) in [7, 11) is 0. The molecule has 0 aromatic carbocycles. The monoisotopic (exact) mass is 276 g/mol. The number of pyridine rings is 1. The Bertz CT molecular complexity index is 363. The van der Waals surface area contributed by atoms with Gasteiger partial charge in [0.05, 0.1) is 12.1 Å². The van der Waals surface area contributed by atoms with Crippen LogP contribution in [0.1, 0.15) is 70.4 Å². The SMILES string of the molecule is CCCCCCCCCCC(Cc1ccccn1)=[NH+][O-]. The molecule has 0 saturated carbocycles. The fraction of sp³-hybridized carbons (Fsp3) is 0.647. The molecule has 1 rings (SSSR count). The molecule has 0 aliphatic rings. The average molecular weight is 276 g/mol. The highest BCUT2D eigenvalue weighted by Crippen LogP contribution is 2.10. The molecular formula is C17H28N2O. The third-order valence-corrected chi connectivity index (χ3v) is 3.60. The molecule has 112 valence electrons. The summed E-state index contributed by atoms with van der Waals surface area (Å²) in [5.41, 5.74) is 1.82. The zero-order valence-corrected chi connectivity index (χ0v) is 12.7. The van der Waals surface area contributed by atoms with Gasteiger partial charge in [0.1, 0.15) is 0 Å². The van der Waals surface area contributed by atoms with Gasteiger partial charge in [0, 0.05) is 12.6 Å². The summed E-state index contributed by atoms with van der Waals surface area (Å²) in [6.45, 7) is 2.24. The van der Waals surface area contributed by atoms with Gasteiger partial charge in [0.25, 0.3) is 0 Å². The number of nitrogens with zero attached hydrogens (tertiary/aromatic N) is 1. The molecule has 0 aliphatic heterocycles. The molecule has 1 aromatic rings. The first-order valence-electron chi connectivity index (χ1n) is 7.99. The Kier molecular flexibility index (Phi) is 9.54. The summed E-state index contributed by atoms with van der Waals surface area (Å²) < 4.78 is 0. The van der Waals surface area contributed by atoms with E-state index in [9.17, 15) is 5.21 Å². The number of hydrogen-bond acceptors (Lipinski definition) is 2. The van der Waals surface area contributed by atoms with Gasteiger partial charge in [0.15, 0.2) is 5.71 Å². The Labute approximate surface area is 123 Å². The fourth-order valence-corrected chi connectivity index (χ4v) is 2.37. The normalized spacial score (nSPS) is 11.8. The Hall–Kier alpha value is -1.38. The van der Waals surface area contributed by atoms with Gasteiger partial charge in [-0.1, -0.05) is 57.9 Å². The van der Waals surface area contributed by atoms with Crippen molar-refractivity contribution in [3.63, 3.8) is 0 Å². The van der Waals surface area contributed by atoms with Crippen LogP contribution in [0.5, 0.6) is 0 Å². The van der Waals surface area contributed by atoms with Crippen LogP contribution in [-0.2, 0) is 6.42 Å². The minimum absolute atomic E-state index is 0.654. The molecule has 1 aromatic heterocycles. The molecule has 0 atom stereocenters. The minimum atomic E-state index is 0.654. The first kappa shape index (κ1) is 16.7. The maximum atomic E-state index is 11.0. The predicted octanol–water partition coefficient (Wildman–Crippen LogP) is 3.17. The third-order valence-electron chi connectivity index (χ3n) is 3.60. The molecule has 0 radical (unpaired) electrons. The lowest BCUT2D eigenvalue weighted by Gasteiger charge is -2.03. The van der Waals surface area contributed by atoms with Crippen LogP contribution in [0.3, 0.4) is 0 Å². The summed E-state index contributed by atoms with van der Waals surface area (Å²) in [6.07, 6.45) is 13.6. The van der Waals surface area contributed by atoms with E-state index in [1.165, 1.54) is 44.9 Å². The molecule has 0 fully saturated rings. The number of aromatic nitrogens is 1. The smallest absolute Gasteiger partial charge is 0.167 e. The van der Waals surface area contributed by atoms with Gasteiger partial charge in [-0.25, -0.2) is 5.16 Å². The van der Waals surface area contributed by atoms with Gasteiger partial charge in [0.2, 0.25) is 0 Å².